The number of carbonyl (C=O) groups excluding carboxylic acids is 2. The molecular formula is C7H6ClN3O2. The van der Waals surface area contributed by atoms with Gasteiger partial charge in [0.2, 0.25) is 5.91 Å². The number of halogens is 1. The minimum atomic E-state index is -0.228. The number of carbonyl (C=O) groups is 2. The van der Waals surface area contributed by atoms with E-state index in [4.69, 9.17) is 11.6 Å². The van der Waals surface area contributed by atoms with Crippen LogP contribution in [0.15, 0.2) is 6.20 Å². The Morgan fingerprint density at radius 1 is 1.54 bits per heavy atom. The summed E-state index contributed by atoms with van der Waals surface area (Å²) in [5.41, 5.74) is 0.470. The van der Waals surface area contributed by atoms with Gasteiger partial charge in [-0.2, -0.15) is 5.10 Å². The summed E-state index contributed by atoms with van der Waals surface area (Å²) in [6.45, 7) is 0.0953. The van der Waals surface area contributed by atoms with Crippen molar-refractivity contribution in [2.45, 2.75) is 6.42 Å². The highest BCUT2D eigenvalue weighted by Crippen LogP contribution is 2.25. The van der Waals surface area contributed by atoms with E-state index in [0.29, 0.717) is 5.69 Å². The predicted octanol–water partition coefficient (Wildman–Crippen LogP) is 0.369. The number of nitrogens with one attached hydrogen (secondary N) is 1. The molecule has 68 valence electrons. The monoisotopic (exact) mass is 199 g/mol. The summed E-state index contributed by atoms with van der Waals surface area (Å²) in [6, 6.07) is 0. The normalized spacial score (nSPS) is 17.2. The fraction of sp³-hybridized carbons (Fsp3) is 0.286. The van der Waals surface area contributed by atoms with E-state index in [1.54, 1.807) is 0 Å². The van der Waals surface area contributed by atoms with Crippen molar-refractivity contribution >= 4 is 29.0 Å². The molecule has 5 nitrogen and oxygen atoms in total. The van der Waals surface area contributed by atoms with Gasteiger partial charge >= 0.3 is 0 Å². The van der Waals surface area contributed by atoms with Crippen LogP contribution in [0.25, 0.3) is 0 Å². The summed E-state index contributed by atoms with van der Waals surface area (Å²) in [6.07, 6.45) is 1.39. The fourth-order valence-electron chi connectivity index (χ4n) is 1.26. The number of ketones is 1. The van der Waals surface area contributed by atoms with E-state index in [0.717, 1.165) is 0 Å². The standard InChI is InChI=1S/C7H6ClN3O2/c8-7-5(2-9-10-7)11-3-4(12)1-6(11)13/h2H,1,3H2,(H,9,10). The predicted molar refractivity (Wildman–Crippen MR) is 45.6 cm³/mol. The maximum Gasteiger partial charge on any atom is 0.235 e. The van der Waals surface area contributed by atoms with Crippen molar-refractivity contribution in [1.29, 1.82) is 0 Å². The third kappa shape index (κ3) is 1.31. The molecule has 1 aliphatic rings. The summed E-state index contributed by atoms with van der Waals surface area (Å²) in [7, 11) is 0. The van der Waals surface area contributed by atoms with Crippen molar-refractivity contribution in [2.24, 2.45) is 0 Å². The van der Waals surface area contributed by atoms with E-state index in [1.807, 2.05) is 0 Å². The van der Waals surface area contributed by atoms with E-state index in [9.17, 15) is 9.59 Å². The second-order valence-corrected chi connectivity index (χ2v) is 3.14. The lowest BCUT2D eigenvalue weighted by atomic mass is 10.3. The first kappa shape index (κ1) is 8.25. The van der Waals surface area contributed by atoms with Crippen molar-refractivity contribution in [3.8, 4) is 0 Å². The van der Waals surface area contributed by atoms with Crippen LogP contribution in [0.3, 0.4) is 0 Å². The van der Waals surface area contributed by atoms with Crippen LogP contribution in [0, 0.1) is 0 Å². The van der Waals surface area contributed by atoms with E-state index < -0.39 is 0 Å². The Morgan fingerprint density at radius 2 is 2.31 bits per heavy atom. The van der Waals surface area contributed by atoms with Crippen molar-refractivity contribution in [3.05, 3.63) is 11.3 Å². The average molecular weight is 200 g/mol. The van der Waals surface area contributed by atoms with Crippen LogP contribution >= 0.6 is 11.6 Å². The minimum absolute atomic E-state index is 0.0402. The van der Waals surface area contributed by atoms with Gasteiger partial charge in [-0.05, 0) is 0 Å². The van der Waals surface area contributed by atoms with Gasteiger partial charge in [-0.15, -0.1) is 0 Å². The van der Waals surface area contributed by atoms with Gasteiger partial charge in [-0.3, -0.25) is 14.7 Å². The number of hydrogen-bond acceptors (Lipinski definition) is 3. The molecule has 0 unspecified atom stereocenters. The average Bonchev–Trinajstić information content (AvgIpc) is 2.58. The second-order valence-electron chi connectivity index (χ2n) is 2.76. The lowest BCUT2D eigenvalue weighted by molar-refractivity contribution is -0.121. The molecule has 1 aliphatic heterocycles. The molecule has 0 spiro atoms. The first-order valence-corrected chi connectivity index (χ1v) is 4.07. The molecule has 1 aromatic heterocycles. The molecule has 13 heavy (non-hydrogen) atoms. The van der Waals surface area contributed by atoms with Gasteiger partial charge in [0.05, 0.1) is 19.2 Å². The lowest BCUT2D eigenvalue weighted by Crippen LogP contribution is -2.24. The molecule has 0 bridgehead atoms. The van der Waals surface area contributed by atoms with Crippen molar-refractivity contribution in [2.75, 3.05) is 11.4 Å². The van der Waals surface area contributed by atoms with Gasteiger partial charge in [-0.1, -0.05) is 11.6 Å². The Labute approximate surface area is 78.7 Å². The highest BCUT2D eigenvalue weighted by atomic mass is 35.5. The molecule has 1 aromatic rings. The lowest BCUT2D eigenvalue weighted by Gasteiger charge is -2.11. The van der Waals surface area contributed by atoms with Gasteiger partial charge in [-0.25, -0.2) is 0 Å². The molecular weight excluding hydrogens is 194 g/mol. The number of aromatic amines is 1. The summed E-state index contributed by atoms with van der Waals surface area (Å²) >= 11 is 5.71. The SMILES string of the molecule is O=C1CC(=O)N(c2cn[nH]c2Cl)C1. The quantitative estimate of drug-likeness (QED) is 0.665. The van der Waals surface area contributed by atoms with Gasteiger partial charge in [0.1, 0.15) is 10.8 Å². The first-order chi connectivity index (χ1) is 6.18. The topological polar surface area (TPSA) is 66.1 Å². The van der Waals surface area contributed by atoms with Crippen LogP contribution in [0.5, 0.6) is 0 Å². The number of anilines is 1. The number of nitrogens with zero attached hydrogens (tertiary/aromatic N) is 2. The molecule has 0 radical (unpaired) electrons. The maximum atomic E-state index is 11.2. The van der Waals surface area contributed by atoms with Crippen LogP contribution in [0.4, 0.5) is 5.69 Å². The number of H-pyrrole nitrogens is 1. The summed E-state index contributed by atoms with van der Waals surface area (Å²) in [5, 5.41) is 6.44. The Hall–Kier alpha value is -1.36. The van der Waals surface area contributed by atoms with E-state index in [2.05, 4.69) is 10.2 Å². The molecule has 1 N–H and O–H groups in total. The van der Waals surface area contributed by atoms with Gasteiger partial charge in [0, 0.05) is 0 Å². The molecule has 0 saturated carbocycles. The van der Waals surface area contributed by atoms with Crippen LogP contribution in [0.2, 0.25) is 5.15 Å². The van der Waals surface area contributed by atoms with E-state index in [1.165, 1.54) is 11.1 Å². The summed E-state index contributed by atoms with van der Waals surface area (Å²) in [5.74, 6) is -0.324. The smallest absolute Gasteiger partial charge is 0.235 e. The van der Waals surface area contributed by atoms with Gasteiger partial charge in [0.15, 0.2) is 5.78 Å². The fourth-order valence-corrected chi connectivity index (χ4v) is 1.46. The third-order valence-electron chi connectivity index (χ3n) is 1.85. The Balaban J connectivity index is 2.32. The number of aromatic nitrogens is 2. The Morgan fingerprint density at radius 3 is 2.77 bits per heavy atom. The second kappa shape index (κ2) is 2.85. The summed E-state index contributed by atoms with van der Waals surface area (Å²) < 4.78 is 0. The molecule has 2 rings (SSSR count). The molecule has 1 amide bonds. The number of hydrogen-bond donors (Lipinski definition) is 1. The molecule has 0 aliphatic carbocycles. The zero-order valence-corrected chi connectivity index (χ0v) is 7.34. The van der Waals surface area contributed by atoms with Crippen LogP contribution < -0.4 is 4.90 Å². The largest absolute Gasteiger partial charge is 0.300 e. The molecule has 2 heterocycles. The molecule has 0 atom stereocenters. The number of Topliss-reactive ketones (excluding diaryl/α,β-unsaturated/α-hetero) is 1. The third-order valence-corrected chi connectivity index (χ3v) is 2.13. The number of amides is 1. The maximum absolute atomic E-state index is 11.2. The van der Waals surface area contributed by atoms with Crippen LogP contribution in [-0.4, -0.2) is 28.4 Å². The number of rotatable bonds is 1. The first-order valence-electron chi connectivity index (χ1n) is 3.69. The zero-order valence-electron chi connectivity index (χ0n) is 6.58. The molecule has 1 fully saturated rings. The molecule has 6 heteroatoms. The zero-order chi connectivity index (χ0) is 9.42. The van der Waals surface area contributed by atoms with Crippen molar-refractivity contribution in [3.63, 3.8) is 0 Å². The highest BCUT2D eigenvalue weighted by molar-refractivity contribution is 6.33. The van der Waals surface area contributed by atoms with E-state index in [-0.39, 0.29) is 29.8 Å². The summed E-state index contributed by atoms with van der Waals surface area (Å²) in [4.78, 5) is 23.5. The van der Waals surface area contributed by atoms with Crippen molar-refractivity contribution in [1.82, 2.24) is 10.2 Å². The Kier molecular flexibility index (Phi) is 1.81. The van der Waals surface area contributed by atoms with Gasteiger partial charge in [0.25, 0.3) is 0 Å². The molecule has 0 aromatic carbocycles. The van der Waals surface area contributed by atoms with Gasteiger partial charge < -0.3 is 4.90 Å². The minimum Gasteiger partial charge on any atom is -0.300 e. The highest BCUT2D eigenvalue weighted by Gasteiger charge is 2.30. The van der Waals surface area contributed by atoms with Crippen molar-refractivity contribution < 1.29 is 9.59 Å². The Bertz CT molecular complexity index is 374. The molecule has 1 saturated heterocycles. The van der Waals surface area contributed by atoms with E-state index >= 15 is 0 Å². The van der Waals surface area contributed by atoms with Crippen LogP contribution in [-0.2, 0) is 9.59 Å². The van der Waals surface area contributed by atoms with Crippen LogP contribution in [0.1, 0.15) is 6.42 Å².